The van der Waals surface area contributed by atoms with E-state index < -0.39 is 6.04 Å². The molecule has 0 radical (unpaired) electrons. The van der Waals surface area contributed by atoms with E-state index >= 15 is 0 Å². The minimum atomic E-state index is -0.468. The summed E-state index contributed by atoms with van der Waals surface area (Å²) in [6, 6.07) is 12.4. The van der Waals surface area contributed by atoms with Crippen LogP contribution in [0.3, 0.4) is 0 Å². The van der Waals surface area contributed by atoms with Crippen molar-refractivity contribution in [3.05, 3.63) is 59.5 Å². The quantitative estimate of drug-likeness (QED) is 0.866. The highest BCUT2D eigenvalue weighted by molar-refractivity contribution is 5.89. The molecule has 26 heavy (non-hydrogen) atoms. The maximum Gasteiger partial charge on any atom is 0.245 e. The smallest absolute Gasteiger partial charge is 0.245 e. The predicted molar refractivity (Wildman–Crippen MR) is 94.9 cm³/mol. The number of rotatable bonds is 6. The van der Waals surface area contributed by atoms with E-state index in [-0.39, 0.29) is 24.2 Å². The molecule has 3 rings (SSSR count). The molecule has 2 aromatic rings. The molecule has 1 aromatic carbocycles. The summed E-state index contributed by atoms with van der Waals surface area (Å²) in [5, 5.41) is 11.7. The summed E-state index contributed by atoms with van der Waals surface area (Å²) in [6.45, 7) is 3.02. The van der Waals surface area contributed by atoms with E-state index in [0.717, 1.165) is 11.3 Å². The van der Waals surface area contributed by atoms with Crippen molar-refractivity contribution in [3.63, 3.8) is 0 Å². The molecule has 6 nitrogen and oxygen atoms in total. The third-order valence-electron chi connectivity index (χ3n) is 4.61. The van der Waals surface area contributed by atoms with Gasteiger partial charge < -0.3 is 14.6 Å². The molecule has 1 saturated heterocycles. The Balaban J connectivity index is 1.51. The highest BCUT2D eigenvalue weighted by Crippen LogP contribution is 2.20. The normalized spacial score (nSPS) is 17.8. The van der Waals surface area contributed by atoms with E-state index in [0.29, 0.717) is 25.1 Å². The molecule has 0 aliphatic carbocycles. The van der Waals surface area contributed by atoms with Gasteiger partial charge in [-0.2, -0.15) is 5.26 Å². The molecule has 1 aliphatic heterocycles. The van der Waals surface area contributed by atoms with Crippen LogP contribution in [0.15, 0.2) is 47.1 Å². The molecule has 1 fully saturated rings. The number of carbonyl (C=O) groups excluding carboxylic acids is 2. The van der Waals surface area contributed by atoms with E-state index in [1.807, 2.05) is 25.1 Å². The summed E-state index contributed by atoms with van der Waals surface area (Å²) in [6.07, 6.45) is 2.48. The number of nitriles is 1. The van der Waals surface area contributed by atoms with Gasteiger partial charge in [0, 0.05) is 25.4 Å². The largest absolute Gasteiger partial charge is 0.469 e. The summed E-state index contributed by atoms with van der Waals surface area (Å²) in [5.41, 5.74) is 1.56. The fourth-order valence-corrected chi connectivity index (χ4v) is 3.14. The molecule has 1 N–H and O–H groups in total. The Bertz CT molecular complexity index is 806. The Morgan fingerprint density at radius 1 is 1.38 bits per heavy atom. The SMILES string of the molecule is CC(CC(=O)NC1CCN(Cc2ccc(C#N)cc2)C1=O)c1ccco1. The first kappa shape index (κ1) is 17.7. The van der Waals surface area contributed by atoms with Crippen LogP contribution in [-0.2, 0) is 16.1 Å². The lowest BCUT2D eigenvalue weighted by Gasteiger charge is -2.18. The number of benzene rings is 1. The molecule has 0 spiro atoms. The van der Waals surface area contributed by atoms with Gasteiger partial charge in [0.25, 0.3) is 0 Å². The molecule has 2 heterocycles. The lowest BCUT2D eigenvalue weighted by atomic mass is 10.0. The van der Waals surface area contributed by atoms with Gasteiger partial charge in [-0.3, -0.25) is 9.59 Å². The molecule has 6 heteroatoms. The van der Waals surface area contributed by atoms with Crippen LogP contribution in [0.5, 0.6) is 0 Å². The molecule has 2 amide bonds. The predicted octanol–water partition coefficient (Wildman–Crippen LogP) is 2.56. The Labute approximate surface area is 152 Å². The Morgan fingerprint density at radius 2 is 2.15 bits per heavy atom. The third-order valence-corrected chi connectivity index (χ3v) is 4.61. The van der Waals surface area contributed by atoms with Gasteiger partial charge in [-0.15, -0.1) is 0 Å². The number of likely N-dealkylation sites (tertiary alicyclic amines) is 1. The zero-order valence-electron chi connectivity index (χ0n) is 14.6. The van der Waals surface area contributed by atoms with Crippen molar-refractivity contribution >= 4 is 11.8 Å². The van der Waals surface area contributed by atoms with Crippen LogP contribution in [0.2, 0.25) is 0 Å². The van der Waals surface area contributed by atoms with Crippen LogP contribution in [-0.4, -0.2) is 29.3 Å². The van der Waals surface area contributed by atoms with Crippen LogP contribution in [0, 0.1) is 11.3 Å². The number of amides is 2. The number of nitrogens with one attached hydrogen (secondary N) is 1. The molecular weight excluding hydrogens is 330 g/mol. The zero-order chi connectivity index (χ0) is 18.5. The van der Waals surface area contributed by atoms with Gasteiger partial charge in [0.15, 0.2) is 0 Å². The number of furan rings is 1. The van der Waals surface area contributed by atoms with E-state index in [9.17, 15) is 9.59 Å². The van der Waals surface area contributed by atoms with Crippen molar-refractivity contribution < 1.29 is 14.0 Å². The van der Waals surface area contributed by atoms with E-state index in [4.69, 9.17) is 9.68 Å². The standard InChI is InChI=1S/C20H21N3O3/c1-14(18-3-2-10-26-18)11-19(24)22-17-8-9-23(20(17)25)13-16-6-4-15(12-21)5-7-16/h2-7,10,14,17H,8-9,11,13H2,1H3,(H,22,24). The highest BCUT2D eigenvalue weighted by Gasteiger charge is 2.32. The second-order valence-electron chi connectivity index (χ2n) is 6.60. The maximum absolute atomic E-state index is 12.5. The minimum Gasteiger partial charge on any atom is -0.469 e. The van der Waals surface area contributed by atoms with Crippen LogP contribution in [0.25, 0.3) is 0 Å². The summed E-state index contributed by atoms with van der Waals surface area (Å²) in [4.78, 5) is 26.5. The number of carbonyl (C=O) groups is 2. The van der Waals surface area contributed by atoms with Crippen molar-refractivity contribution in [2.75, 3.05) is 6.54 Å². The number of nitrogens with zero attached hydrogens (tertiary/aromatic N) is 2. The lowest BCUT2D eigenvalue weighted by molar-refractivity contribution is -0.133. The number of hydrogen-bond acceptors (Lipinski definition) is 4. The zero-order valence-corrected chi connectivity index (χ0v) is 14.6. The minimum absolute atomic E-state index is 0.0312. The Kier molecular flexibility index (Phi) is 5.37. The third kappa shape index (κ3) is 4.12. The molecule has 1 aromatic heterocycles. The Morgan fingerprint density at radius 3 is 2.81 bits per heavy atom. The van der Waals surface area contributed by atoms with Crippen LogP contribution < -0.4 is 5.32 Å². The Hall–Kier alpha value is -3.07. The average molecular weight is 351 g/mol. The van der Waals surface area contributed by atoms with Crippen molar-refractivity contribution in [1.29, 1.82) is 5.26 Å². The van der Waals surface area contributed by atoms with Crippen molar-refractivity contribution in [2.24, 2.45) is 0 Å². The topological polar surface area (TPSA) is 86.3 Å². The molecule has 0 bridgehead atoms. The van der Waals surface area contributed by atoms with Gasteiger partial charge in [-0.1, -0.05) is 19.1 Å². The first-order chi connectivity index (χ1) is 12.6. The first-order valence-electron chi connectivity index (χ1n) is 8.67. The molecule has 0 saturated carbocycles. The molecule has 1 aliphatic rings. The van der Waals surface area contributed by atoms with E-state index in [1.54, 1.807) is 29.4 Å². The van der Waals surface area contributed by atoms with Crippen LogP contribution in [0.1, 0.15) is 42.6 Å². The van der Waals surface area contributed by atoms with Gasteiger partial charge in [-0.25, -0.2) is 0 Å². The van der Waals surface area contributed by atoms with Crippen molar-refractivity contribution in [1.82, 2.24) is 10.2 Å². The van der Waals surface area contributed by atoms with Gasteiger partial charge >= 0.3 is 0 Å². The van der Waals surface area contributed by atoms with Crippen molar-refractivity contribution in [3.8, 4) is 6.07 Å². The summed E-state index contributed by atoms with van der Waals surface area (Å²) in [5.74, 6) is 0.525. The van der Waals surface area contributed by atoms with Crippen LogP contribution in [0.4, 0.5) is 0 Å². The molecule has 134 valence electrons. The van der Waals surface area contributed by atoms with Gasteiger partial charge in [0.1, 0.15) is 11.8 Å². The van der Waals surface area contributed by atoms with Gasteiger partial charge in [0.05, 0.1) is 17.9 Å². The second-order valence-corrected chi connectivity index (χ2v) is 6.60. The average Bonchev–Trinajstić information content (AvgIpc) is 3.28. The highest BCUT2D eigenvalue weighted by atomic mass is 16.3. The molecule has 2 unspecified atom stereocenters. The monoisotopic (exact) mass is 351 g/mol. The van der Waals surface area contributed by atoms with Gasteiger partial charge in [-0.05, 0) is 36.2 Å². The fourth-order valence-electron chi connectivity index (χ4n) is 3.14. The first-order valence-corrected chi connectivity index (χ1v) is 8.67. The van der Waals surface area contributed by atoms with E-state index in [2.05, 4.69) is 11.4 Å². The fraction of sp³-hybridized carbons (Fsp3) is 0.350. The van der Waals surface area contributed by atoms with E-state index in [1.165, 1.54) is 0 Å². The summed E-state index contributed by atoms with van der Waals surface area (Å²) in [7, 11) is 0. The summed E-state index contributed by atoms with van der Waals surface area (Å²) < 4.78 is 5.31. The van der Waals surface area contributed by atoms with Crippen molar-refractivity contribution in [2.45, 2.75) is 38.3 Å². The molecular formula is C20H21N3O3. The second kappa shape index (κ2) is 7.87. The molecule has 2 atom stereocenters. The lowest BCUT2D eigenvalue weighted by Crippen LogP contribution is -2.41. The maximum atomic E-state index is 12.5. The van der Waals surface area contributed by atoms with Crippen LogP contribution >= 0.6 is 0 Å². The number of hydrogen-bond donors (Lipinski definition) is 1. The van der Waals surface area contributed by atoms with Gasteiger partial charge in [0.2, 0.25) is 11.8 Å². The summed E-state index contributed by atoms with van der Waals surface area (Å²) >= 11 is 0.